The second kappa shape index (κ2) is 4.05. The van der Waals surface area contributed by atoms with Gasteiger partial charge >= 0.3 is 0 Å². The van der Waals surface area contributed by atoms with Crippen LogP contribution in [0.3, 0.4) is 0 Å². The lowest BCUT2D eigenvalue weighted by Crippen LogP contribution is -2.09. The first kappa shape index (κ1) is 9.74. The number of hydrogen-bond donors (Lipinski definition) is 2. The van der Waals surface area contributed by atoms with Crippen molar-refractivity contribution in [1.82, 2.24) is 0 Å². The molecule has 1 aromatic rings. The van der Waals surface area contributed by atoms with E-state index in [0.717, 1.165) is 5.56 Å². The number of aliphatic hydroxyl groups excluding tert-OH is 1. The minimum atomic E-state index is -0.567. The van der Waals surface area contributed by atoms with E-state index < -0.39 is 6.10 Å². The smallest absolute Gasteiger partial charge is 0.221 e. The number of anilines is 1. The lowest BCUT2D eigenvalue weighted by Gasteiger charge is -2.11. The molecular weight excluding hydrogens is 166 g/mol. The van der Waals surface area contributed by atoms with Crippen LogP contribution in [0.15, 0.2) is 24.3 Å². The number of nitrogens with one attached hydrogen (secondary N) is 1. The number of hydrogen-bond acceptors (Lipinski definition) is 2. The molecule has 0 aliphatic rings. The second-order valence-electron chi connectivity index (χ2n) is 2.94. The first-order chi connectivity index (χ1) is 6.11. The molecule has 0 saturated heterocycles. The molecule has 0 aromatic heterocycles. The molecule has 0 bridgehead atoms. The lowest BCUT2D eigenvalue weighted by molar-refractivity contribution is -0.114. The van der Waals surface area contributed by atoms with E-state index in [9.17, 15) is 9.90 Å². The van der Waals surface area contributed by atoms with E-state index in [1.807, 2.05) is 12.1 Å². The van der Waals surface area contributed by atoms with Crippen LogP contribution in [0.1, 0.15) is 25.5 Å². The van der Waals surface area contributed by atoms with Gasteiger partial charge in [-0.1, -0.05) is 18.2 Å². The predicted octanol–water partition coefficient (Wildman–Crippen LogP) is 1.70. The van der Waals surface area contributed by atoms with Gasteiger partial charge in [0, 0.05) is 18.2 Å². The summed E-state index contributed by atoms with van der Waals surface area (Å²) in [6, 6.07) is 7.20. The van der Waals surface area contributed by atoms with Crippen molar-refractivity contribution >= 4 is 11.6 Å². The van der Waals surface area contributed by atoms with E-state index in [1.165, 1.54) is 6.92 Å². The third-order valence-corrected chi connectivity index (χ3v) is 1.72. The van der Waals surface area contributed by atoms with Crippen molar-refractivity contribution in [3.63, 3.8) is 0 Å². The fourth-order valence-electron chi connectivity index (χ4n) is 1.16. The standard InChI is InChI=1S/C10H13NO2/c1-7(12)9-5-3-4-6-10(9)11-8(2)13/h3-7,12H,1-2H3,(H,11,13). The maximum atomic E-state index is 10.8. The fraction of sp³-hybridized carbons (Fsp3) is 0.300. The Bertz CT molecular complexity index is 308. The van der Waals surface area contributed by atoms with Crippen molar-refractivity contribution in [3.8, 4) is 0 Å². The Balaban J connectivity index is 2.97. The first-order valence-corrected chi connectivity index (χ1v) is 4.16. The van der Waals surface area contributed by atoms with Crippen LogP contribution >= 0.6 is 0 Å². The molecule has 0 heterocycles. The molecule has 2 N–H and O–H groups in total. The van der Waals surface area contributed by atoms with Gasteiger partial charge in [-0.2, -0.15) is 0 Å². The molecule has 0 fully saturated rings. The zero-order valence-electron chi connectivity index (χ0n) is 7.74. The zero-order chi connectivity index (χ0) is 9.84. The molecule has 0 saturated carbocycles. The zero-order valence-corrected chi connectivity index (χ0v) is 7.74. The number of carbonyl (C=O) groups excluding carboxylic acids is 1. The molecule has 1 aromatic carbocycles. The second-order valence-corrected chi connectivity index (χ2v) is 2.94. The van der Waals surface area contributed by atoms with Crippen LogP contribution in [0.25, 0.3) is 0 Å². The molecule has 0 aliphatic carbocycles. The summed E-state index contributed by atoms with van der Waals surface area (Å²) >= 11 is 0. The molecule has 1 atom stereocenters. The SMILES string of the molecule is CC(=O)Nc1ccccc1C(C)O. The van der Waals surface area contributed by atoms with E-state index in [2.05, 4.69) is 5.32 Å². The number of rotatable bonds is 2. The third kappa shape index (κ3) is 2.56. The van der Waals surface area contributed by atoms with Gasteiger partial charge in [0.1, 0.15) is 0 Å². The molecular formula is C10H13NO2. The van der Waals surface area contributed by atoms with E-state index in [1.54, 1.807) is 19.1 Å². The molecule has 1 amide bonds. The van der Waals surface area contributed by atoms with Gasteiger partial charge in [-0.25, -0.2) is 0 Å². The summed E-state index contributed by atoms with van der Waals surface area (Å²) in [5.41, 5.74) is 1.41. The monoisotopic (exact) mass is 179 g/mol. The first-order valence-electron chi connectivity index (χ1n) is 4.16. The number of benzene rings is 1. The largest absolute Gasteiger partial charge is 0.389 e. The highest BCUT2D eigenvalue weighted by Crippen LogP contribution is 2.21. The average molecular weight is 179 g/mol. The predicted molar refractivity (Wildman–Crippen MR) is 51.4 cm³/mol. The molecule has 0 aliphatic heterocycles. The molecule has 1 rings (SSSR count). The number of para-hydroxylation sites is 1. The molecule has 0 radical (unpaired) electrons. The minimum absolute atomic E-state index is 0.131. The molecule has 1 unspecified atom stereocenters. The molecule has 70 valence electrons. The minimum Gasteiger partial charge on any atom is -0.389 e. The molecule has 3 heteroatoms. The summed E-state index contributed by atoms with van der Waals surface area (Å²) in [6.45, 7) is 3.11. The van der Waals surface area contributed by atoms with Crippen LogP contribution < -0.4 is 5.32 Å². The average Bonchev–Trinajstić information content (AvgIpc) is 2.03. The van der Waals surface area contributed by atoms with Crippen LogP contribution in [0.4, 0.5) is 5.69 Å². The van der Waals surface area contributed by atoms with Gasteiger partial charge in [0.2, 0.25) is 5.91 Å². The Morgan fingerprint density at radius 1 is 1.46 bits per heavy atom. The summed E-state index contributed by atoms with van der Waals surface area (Å²) in [5.74, 6) is -0.131. The number of aliphatic hydroxyl groups is 1. The highest BCUT2D eigenvalue weighted by Gasteiger charge is 2.06. The Labute approximate surface area is 77.4 Å². The van der Waals surface area contributed by atoms with E-state index in [0.29, 0.717) is 5.69 Å². The maximum Gasteiger partial charge on any atom is 0.221 e. The Morgan fingerprint density at radius 2 is 2.08 bits per heavy atom. The van der Waals surface area contributed by atoms with Crippen molar-refractivity contribution in [2.75, 3.05) is 5.32 Å². The van der Waals surface area contributed by atoms with Crippen molar-refractivity contribution in [2.24, 2.45) is 0 Å². The highest BCUT2D eigenvalue weighted by molar-refractivity contribution is 5.89. The van der Waals surface area contributed by atoms with E-state index in [-0.39, 0.29) is 5.91 Å². The quantitative estimate of drug-likeness (QED) is 0.726. The summed E-state index contributed by atoms with van der Waals surface area (Å²) in [6.07, 6.45) is -0.567. The summed E-state index contributed by atoms with van der Waals surface area (Å²) in [7, 11) is 0. The molecule has 13 heavy (non-hydrogen) atoms. The summed E-state index contributed by atoms with van der Waals surface area (Å²) in [5, 5.41) is 12.0. The van der Waals surface area contributed by atoms with Crippen LogP contribution in [-0.4, -0.2) is 11.0 Å². The van der Waals surface area contributed by atoms with Crippen LogP contribution in [0, 0.1) is 0 Å². The van der Waals surface area contributed by atoms with Crippen molar-refractivity contribution in [1.29, 1.82) is 0 Å². The lowest BCUT2D eigenvalue weighted by atomic mass is 10.1. The fourth-order valence-corrected chi connectivity index (χ4v) is 1.16. The Kier molecular flexibility index (Phi) is 3.03. The normalized spacial score (nSPS) is 12.2. The van der Waals surface area contributed by atoms with Crippen molar-refractivity contribution < 1.29 is 9.90 Å². The van der Waals surface area contributed by atoms with Crippen LogP contribution in [0.2, 0.25) is 0 Å². The van der Waals surface area contributed by atoms with E-state index >= 15 is 0 Å². The number of amides is 1. The van der Waals surface area contributed by atoms with Gasteiger partial charge in [-0.3, -0.25) is 4.79 Å². The molecule has 0 spiro atoms. The van der Waals surface area contributed by atoms with Gasteiger partial charge in [-0.05, 0) is 13.0 Å². The van der Waals surface area contributed by atoms with Crippen molar-refractivity contribution in [3.05, 3.63) is 29.8 Å². The number of carbonyl (C=O) groups is 1. The highest BCUT2D eigenvalue weighted by atomic mass is 16.3. The van der Waals surface area contributed by atoms with Gasteiger partial charge in [0.05, 0.1) is 6.10 Å². The topological polar surface area (TPSA) is 49.3 Å². The Morgan fingerprint density at radius 3 is 2.62 bits per heavy atom. The van der Waals surface area contributed by atoms with Gasteiger partial charge in [0.25, 0.3) is 0 Å². The Hall–Kier alpha value is -1.35. The van der Waals surface area contributed by atoms with Gasteiger partial charge in [-0.15, -0.1) is 0 Å². The summed E-state index contributed by atoms with van der Waals surface area (Å²) in [4.78, 5) is 10.8. The van der Waals surface area contributed by atoms with Gasteiger partial charge < -0.3 is 10.4 Å². The van der Waals surface area contributed by atoms with Crippen LogP contribution in [0.5, 0.6) is 0 Å². The van der Waals surface area contributed by atoms with Crippen LogP contribution in [-0.2, 0) is 4.79 Å². The van der Waals surface area contributed by atoms with Crippen molar-refractivity contribution in [2.45, 2.75) is 20.0 Å². The van der Waals surface area contributed by atoms with E-state index in [4.69, 9.17) is 0 Å². The van der Waals surface area contributed by atoms with Gasteiger partial charge in [0.15, 0.2) is 0 Å². The third-order valence-electron chi connectivity index (χ3n) is 1.72. The summed E-state index contributed by atoms with van der Waals surface area (Å²) < 4.78 is 0. The maximum absolute atomic E-state index is 10.8. The molecule has 3 nitrogen and oxygen atoms in total.